The molecule has 0 aromatic carbocycles. The number of rotatable bonds is 6. The molecular weight excluding hydrogens is 188 g/mol. The van der Waals surface area contributed by atoms with Crippen molar-refractivity contribution in [1.29, 1.82) is 0 Å². The van der Waals surface area contributed by atoms with E-state index in [1.165, 1.54) is 25.8 Å². The largest absolute Gasteiger partial charge is 0.383 e. The van der Waals surface area contributed by atoms with E-state index in [-0.39, 0.29) is 0 Å². The predicted molar refractivity (Wildman–Crippen MR) is 64.2 cm³/mol. The Hall–Kier alpha value is -0.120. The molecule has 1 N–H and O–H groups in total. The van der Waals surface area contributed by atoms with E-state index in [0.29, 0.717) is 18.1 Å². The van der Waals surface area contributed by atoms with Gasteiger partial charge in [0.05, 0.1) is 6.61 Å². The first kappa shape index (κ1) is 12.9. The molecule has 0 aliphatic carbocycles. The highest BCUT2D eigenvalue weighted by molar-refractivity contribution is 4.87. The highest BCUT2D eigenvalue weighted by atomic mass is 16.5. The highest BCUT2D eigenvalue weighted by Gasteiger charge is 2.27. The van der Waals surface area contributed by atoms with Crippen molar-refractivity contribution < 1.29 is 4.74 Å². The van der Waals surface area contributed by atoms with Gasteiger partial charge in [0.15, 0.2) is 0 Å². The average molecular weight is 214 g/mol. The smallest absolute Gasteiger partial charge is 0.0615 e. The highest BCUT2D eigenvalue weighted by Crippen LogP contribution is 2.16. The van der Waals surface area contributed by atoms with E-state index in [0.717, 1.165) is 6.61 Å². The Morgan fingerprint density at radius 1 is 1.53 bits per heavy atom. The molecule has 1 heterocycles. The standard InChI is InChI=1S/C12H26N2O/c1-5-6-11(9-15-4)13-12-7-10(2)14(3)8-12/h10-13H,5-9H2,1-4H3. The fourth-order valence-corrected chi connectivity index (χ4v) is 2.41. The molecule has 1 fully saturated rings. The number of hydrogen-bond donors (Lipinski definition) is 1. The quantitative estimate of drug-likeness (QED) is 0.725. The SMILES string of the molecule is CCCC(COC)NC1CC(C)N(C)C1. The van der Waals surface area contributed by atoms with Crippen molar-refractivity contribution in [1.82, 2.24) is 10.2 Å². The Morgan fingerprint density at radius 3 is 2.73 bits per heavy atom. The zero-order valence-corrected chi connectivity index (χ0v) is 10.6. The van der Waals surface area contributed by atoms with Crippen LogP contribution in [0.25, 0.3) is 0 Å². The molecule has 1 rings (SSSR count). The lowest BCUT2D eigenvalue weighted by Gasteiger charge is -2.21. The summed E-state index contributed by atoms with van der Waals surface area (Å²) in [6.07, 6.45) is 3.70. The lowest BCUT2D eigenvalue weighted by molar-refractivity contribution is 0.156. The Bertz CT molecular complexity index is 159. The molecular formula is C12H26N2O. The predicted octanol–water partition coefficient (Wildman–Crippen LogP) is 1.48. The molecule has 0 aromatic heterocycles. The minimum atomic E-state index is 0.531. The van der Waals surface area contributed by atoms with Crippen molar-refractivity contribution in [3.8, 4) is 0 Å². The average Bonchev–Trinajstić information content (AvgIpc) is 2.47. The van der Waals surface area contributed by atoms with Gasteiger partial charge in [-0.2, -0.15) is 0 Å². The lowest BCUT2D eigenvalue weighted by atomic mass is 10.1. The van der Waals surface area contributed by atoms with Gasteiger partial charge in [0.25, 0.3) is 0 Å². The molecule has 15 heavy (non-hydrogen) atoms. The molecule has 0 amide bonds. The van der Waals surface area contributed by atoms with E-state index >= 15 is 0 Å². The van der Waals surface area contributed by atoms with Gasteiger partial charge in [-0.3, -0.25) is 0 Å². The van der Waals surface area contributed by atoms with E-state index in [4.69, 9.17) is 4.74 Å². The number of likely N-dealkylation sites (tertiary alicyclic amines) is 1. The molecule has 90 valence electrons. The molecule has 1 aliphatic rings. The van der Waals surface area contributed by atoms with Gasteiger partial charge in [0.2, 0.25) is 0 Å². The molecule has 1 aliphatic heterocycles. The van der Waals surface area contributed by atoms with Gasteiger partial charge in [0.1, 0.15) is 0 Å². The summed E-state index contributed by atoms with van der Waals surface area (Å²) in [6, 6.07) is 1.90. The molecule has 3 unspecified atom stereocenters. The van der Waals surface area contributed by atoms with E-state index < -0.39 is 0 Å². The van der Waals surface area contributed by atoms with E-state index in [1.54, 1.807) is 7.11 Å². The monoisotopic (exact) mass is 214 g/mol. The Kier molecular flexibility index (Phi) is 5.58. The van der Waals surface area contributed by atoms with Crippen LogP contribution in [0.15, 0.2) is 0 Å². The van der Waals surface area contributed by atoms with E-state index in [2.05, 4.69) is 31.1 Å². The molecule has 0 radical (unpaired) electrons. The number of nitrogens with zero attached hydrogens (tertiary/aromatic N) is 1. The maximum Gasteiger partial charge on any atom is 0.0615 e. The second-order valence-corrected chi connectivity index (χ2v) is 4.83. The summed E-state index contributed by atoms with van der Waals surface area (Å²) in [5.41, 5.74) is 0. The van der Waals surface area contributed by atoms with Crippen LogP contribution >= 0.6 is 0 Å². The number of likely N-dealkylation sites (N-methyl/N-ethyl adjacent to an activating group) is 1. The van der Waals surface area contributed by atoms with Gasteiger partial charge in [-0.25, -0.2) is 0 Å². The molecule has 0 saturated carbocycles. The third-order valence-electron chi connectivity index (χ3n) is 3.36. The van der Waals surface area contributed by atoms with Crippen LogP contribution in [-0.4, -0.2) is 50.3 Å². The summed E-state index contributed by atoms with van der Waals surface area (Å²) in [6.45, 7) is 6.54. The van der Waals surface area contributed by atoms with Crippen molar-refractivity contribution in [2.45, 2.75) is 51.2 Å². The fourth-order valence-electron chi connectivity index (χ4n) is 2.41. The first-order valence-corrected chi connectivity index (χ1v) is 6.12. The van der Waals surface area contributed by atoms with Crippen molar-refractivity contribution in [2.75, 3.05) is 27.3 Å². The number of methoxy groups -OCH3 is 1. The minimum absolute atomic E-state index is 0.531. The van der Waals surface area contributed by atoms with Gasteiger partial charge >= 0.3 is 0 Å². The van der Waals surface area contributed by atoms with Gasteiger partial charge in [-0.05, 0) is 26.8 Å². The van der Waals surface area contributed by atoms with Crippen molar-refractivity contribution >= 4 is 0 Å². The zero-order chi connectivity index (χ0) is 11.3. The second kappa shape index (κ2) is 6.46. The third kappa shape index (κ3) is 4.09. The van der Waals surface area contributed by atoms with Crippen LogP contribution < -0.4 is 5.32 Å². The van der Waals surface area contributed by atoms with Crippen LogP contribution in [0, 0.1) is 0 Å². The summed E-state index contributed by atoms with van der Waals surface area (Å²) in [7, 11) is 3.99. The van der Waals surface area contributed by atoms with Crippen molar-refractivity contribution in [3.05, 3.63) is 0 Å². The molecule has 0 spiro atoms. The van der Waals surface area contributed by atoms with Gasteiger partial charge in [-0.1, -0.05) is 13.3 Å². The molecule has 0 aromatic rings. The molecule has 1 saturated heterocycles. The van der Waals surface area contributed by atoms with Gasteiger partial charge in [-0.15, -0.1) is 0 Å². The number of hydrogen-bond acceptors (Lipinski definition) is 3. The molecule has 3 heteroatoms. The number of ether oxygens (including phenoxy) is 1. The maximum absolute atomic E-state index is 5.24. The topological polar surface area (TPSA) is 24.5 Å². The van der Waals surface area contributed by atoms with Gasteiger partial charge in [0, 0.05) is 31.8 Å². The Balaban J connectivity index is 2.31. The van der Waals surface area contributed by atoms with Crippen LogP contribution in [0.2, 0.25) is 0 Å². The normalized spacial score (nSPS) is 29.6. The number of nitrogens with one attached hydrogen (secondary N) is 1. The Labute approximate surface area is 94.2 Å². The van der Waals surface area contributed by atoms with E-state index in [1.807, 2.05) is 0 Å². The zero-order valence-electron chi connectivity index (χ0n) is 10.6. The van der Waals surface area contributed by atoms with Crippen LogP contribution in [0.4, 0.5) is 0 Å². The minimum Gasteiger partial charge on any atom is -0.383 e. The second-order valence-electron chi connectivity index (χ2n) is 4.83. The van der Waals surface area contributed by atoms with Crippen LogP contribution in [0.3, 0.4) is 0 Å². The van der Waals surface area contributed by atoms with Crippen molar-refractivity contribution in [2.24, 2.45) is 0 Å². The lowest BCUT2D eigenvalue weighted by Crippen LogP contribution is -2.42. The van der Waals surface area contributed by atoms with Crippen LogP contribution in [0.5, 0.6) is 0 Å². The van der Waals surface area contributed by atoms with Gasteiger partial charge < -0.3 is 15.0 Å². The summed E-state index contributed by atoms with van der Waals surface area (Å²) in [5, 5.41) is 3.71. The Morgan fingerprint density at radius 2 is 2.27 bits per heavy atom. The molecule has 3 atom stereocenters. The summed E-state index contributed by atoms with van der Waals surface area (Å²) in [5.74, 6) is 0. The van der Waals surface area contributed by atoms with Crippen molar-refractivity contribution in [3.63, 3.8) is 0 Å². The van der Waals surface area contributed by atoms with E-state index in [9.17, 15) is 0 Å². The van der Waals surface area contributed by atoms with Crippen LogP contribution in [0.1, 0.15) is 33.1 Å². The fraction of sp³-hybridized carbons (Fsp3) is 1.00. The first-order valence-electron chi connectivity index (χ1n) is 6.12. The first-order chi connectivity index (χ1) is 7.17. The molecule has 3 nitrogen and oxygen atoms in total. The third-order valence-corrected chi connectivity index (χ3v) is 3.36. The summed E-state index contributed by atoms with van der Waals surface area (Å²) in [4.78, 5) is 2.42. The van der Waals surface area contributed by atoms with Crippen LogP contribution in [-0.2, 0) is 4.74 Å². The molecule has 0 bridgehead atoms. The maximum atomic E-state index is 5.24. The summed E-state index contributed by atoms with van der Waals surface area (Å²) >= 11 is 0. The summed E-state index contributed by atoms with van der Waals surface area (Å²) < 4.78 is 5.24.